The first kappa shape index (κ1) is 13.7. The lowest BCUT2D eigenvalue weighted by Gasteiger charge is -2.00. The molecule has 0 bridgehead atoms. The Balaban J connectivity index is 2.13. The molecule has 0 aliphatic rings. The lowest BCUT2D eigenvalue weighted by atomic mass is 10.3. The summed E-state index contributed by atoms with van der Waals surface area (Å²) in [4.78, 5) is 19.8. The van der Waals surface area contributed by atoms with Gasteiger partial charge in [-0.25, -0.2) is 9.78 Å². The first-order chi connectivity index (χ1) is 9.22. The van der Waals surface area contributed by atoms with Crippen molar-refractivity contribution in [1.29, 1.82) is 0 Å². The van der Waals surface area contributed by atoms with E-state index in [1.54, 1.807) is 18.7 Å². The van der Waals surface area contributed by atoms with E-state index in [1.807, 2.05) is 12.1 Å². The molecule has 0 aliphatic carbocycles. The molecular weight excluding hydrogens is 262 g/mol. The quantitative estimate of drug-likeness (QED) is 0.820. The van der Waals surface area contributed by atoms with Crippen molar-refractivity contribution in [3.8, 4) is 0 Å². The Morgan fingerprint density at radius 2 is 2.32 bits per heavy atom. The van der Waals surface area contributed by atoms with Crippen molar-refractivity contribution < 1.29 is 9.53 Å². The molecule has 2 aromatic rings. The van der Waals surface area contributed by atoms with Crippen LogP contribution in [0.3, 0.4) is 0 Å². The van der Waals surface area contributed by atoms with Gasteiger partial charge in [-0.3, -0.25) is 5.32 Å². The number of nitrogens with zero attached hydrogens (tertiary/aromatic N) is 1. The number of amides is 1. The zero-order chi connectivity index (χ0) is 13.7. The Morgan fingerprint density at radius 1 is 1.47 bits per heavy atom. The van der Waals surface area contributed by atoms with E-state index in [0.29, 0.717) is 12.6 Å². The van der Waals surface area contributed by atoms with Gasteiger partial charge in [0.2, 0.25) is 5.95 Å². The number of benzene rings is 1. The summed E-state index contributed by atoms with van der Waals surface area (Å²) in [6.07, 6.45) is 0.640. The molecule has 6 heteroatoms. The number of anilines is 1. The number of hydrogen-bond donors (Lipinski definition) is 2. The Labute approximate surface area is 116 Å². The van der Waals surface area contributed by atoms with Crippen molar-refractivity contribution >= 4 is 34.8 Å². The molecule has 0 spiro atoms. The van der Waals surface area contributed by atoms with Gasteiger partial charge in [0.25, 0.3) is 0 Å². The molecule has 2 rings (SSSR count). The monoisotopic (exact) mass is 279 g/mol. The molecule has 1 heterocycles. The van der Waals surface area contributed by atoms with Crippen molar-refractivity contribution in [3.05, 3.63) is 18.2 Å². The Bertz CT molecular complexity index is 568. The maximum absolute atomic E-state index is 11.3. The molecule has 1 amide bonds. The molecule has 19 heavy (non-hydrogen) atoms. The van der Waals surface area contributed by atoms with E-state index < -0.39 is 6.09 Å². The summed E-state index contributed by atoms with van der Waals surface area (Å²) in [5, 5.41) is 2.56. The summed E-state index contributed by atoms with van der Waals surface area (Å²) < 4.78 is 4.80. The van der Waals surface area contributed by atoms with Gasteiger partial charge < -0.3 is 9.72 Å². The molecule has 0 radical (unpaired) electrons. The van der Waals surface area contributed by atoms with Gasteiger partial charge >= 0.3 is 6.09 Å². The average Bonchev–Trinajstić information content (AvgIpc) is 2.77. The summed E-state index contributed by atoms with van der Waals surface area (Å²) in [5.41, 5.74) is 1.74. The highest BCUT2D eigenvalue weighted by atomic mass is 32.2. The highest BCUT2D eigenvalue weighted by molar-refractivity contribution is 7.99. The van der Waals surface area contributed by atoms with Gasteiger partial charge in [0, 0.05) is 4.90 Å². The molecule has 1 aromatic carbocycles. The fraction of sp³-hybridized carbons (Fsp3) is 0.385. The SMILES string of the molecule is CCCSc1ccc2[nH]c(NC(=O)OCC)nc2c1. The van der Waals surface area contributed by atoms with Crippen molar-refractivity contribution in [2.75, 3.05) is 17.7 Å². The topological polar surface area (TPSA) is 67.0 Å². The Kier molecular flexibility index (Phi) is 4.68. The predicted molar refractivity (Wildman–Crippen MR) is 77.8 cm³/mol. The van der Waals surface area contributed by atoms with Gasteiger partial charge in [-0.15, -0.1) is 11.8 Å². The molecule has 1 aromatic heterocycles. The van der Waals surface area contributed by atoms with Crippen LogP contribution in [0.2, 0.25) is 0 Å². The Morgan fingerprint density at radius 3 is 3.05 bits per heavy atom. The Hall–Kier alpha value is -1.69. The maximum atomic E-state index is 11.3. The van der Waals surface area contributed by atoms with Crippen molar-refractivity contribution in [1.82, 2.24) is 9.97 Å². The zero-order valence-corrected chi connectivity index (χ0v) is 11.8. The third-order valence-electron chi connectivity index (χ3n) is 2.42. The zero-order valence-electron chi connectivity index (χ0n) is 11.0. The summed E-state index contributed by atoms with van der Waals surface area (Å²) in [6.45, 7) is 4.25. The molecule has 2 N–H and O–H groups in total. The van der Waals surface area contributed by atoms with Gasteiger partial charge in [-0.05, 0) is 37.3 Å². The minimum atomic E-state index is -0.498. The molecular formula is C13H17N3O2S. The number of H-pyrrole nitrogens is 1. The van der Waals surface area contributed by atoms with Crippen LogP contribution >= 0.6 is 11.8 Å². The van der Waals surface area contributed by atoms with Crippen LogP contribution in [0, 0.1) is 0 Å². The van der Waals surface area contributed by atoms with Crippen molar-refractivity contribution in [3.63, 3.8) is 0 Å². The standard InChI is InChI=1S/C13H17N3O2S/c1-3-7-19-9-5-6-10-11(8-9)15-12(14-10)16-13(17)18-4-2/h5-6,8H,3-4,7H2,1-2H3,(H2,14,15,16,17). The van der Waals surface area contributed by atoms with E-state index >= 15 is 0 Å². The second kappa shape index (κ2) is 6.47. The molecule has 0 aliphatic heterocycles. The van der Waals surface area contributed by atoms with Crippen LogP contribution in [-0.4, -0.2) is 28.4 Å². The number of thioether (sulfide) groups is 1. The highest BCUT2D eigenvalue weighted by Crippen LogP contribution is 2.23. The predicted octanol–water partition coefficient (Wildman–Crippen LogP) is 3.63. The van der Waals surface area contributed by atoms with E-state index in [2.05, 4.69) is 28.3 Å². The van der Waals surface area contributed by atoms with Crippen LogP contribution < -0.4 is 5.32 Å². The lowest BCUT2D eigenvalue weighted by molar-refractivity contribution is 0.167. The van der Waals surface area contributed by atoms with Gasteiger partial charge in [0.1, 0.15) is 0 Å². The van der Waals surface area contributed by atoms with Crippen LogP contribution in [0.1, 0.15) is 20.3 Å². The number of aromatic nitrogens is 2. The van der Waals surface area contributed by atoms with Crippen molar-refractivity contribution in [2.24, 2.45) is 0 Å². The number of ether oxygens (including phenoxy) is 1. The highest BCUT2D eigenvalue weighted by Gasteiger charge is 2.07. The molecule has 0 fully saturated rings. The van der Waals surface area contributed by atoms with Gasteiger partial charge in [0.15, 0.2) is 0 Å². The molecule has 0 saturated heterocycles. The minimum Gasteiger partial charge on any atom is -0.450 e. The number of aromatic amines is 1. The number of hydrogen-bond acceptors (Lipinski definition) is 4. The number of carbonyl (C=O) groups is 1. The number of fused-ring (bicyclic) bond motifs is 1. The van der Waals surface area contributed by atoms with Gasteiger partial charge in [0.05, 0.1) is 17.6 Å². The molecule has 0 saturated carbocycles. The van der Waals surface area contributed by atoms with Gasteiger partial charge in [-0.1, -0.05) is 6.92 Å². The van der Waals surface area contributed by atoms with Crippen LogP contribution in [0.15, 0.2) is 23.1 Å². The second-order valence-corrected chi connectivity index (χ2v) is 5.13. The summed E-state index contributed by atoms with van der Waals surface area (Å²) in [6, 6.07) is 6.04. The van der Waals surface area contributed by atoms with Gasteiger partial charge in [-0.2, -0.15) is 0 Å². The van der Waals surface area contributed by atoms with Crippen molar-refractivity contribution in [2.45, 2.75) is 25.2 Å². The van der Waals surface area contributed by atoms with E-state index in [-0.39, 0.29) is 0 Å². The number of rotatable bonds is 5. The van der Waals surface area contributed by atoms with Crippen LogP contribution in [0.5, 0.6) is 0 Å². The molecule has 0 unspecified atom stereocenters. The summed E-state index contributed by atoms with van der Waals surface area (Å²) >= 11 is 1.80. The first-order valence-electron chi connectivity index (χ1n) is 6.29. The van der Waals surface area contributed by atoms with E-state index in [1.165, 1.54) is 4.90 Å². The molecule has 5 nitrogen and oxygen atoms in total. The van der Waals surface area contributed by atoms with E-state index in [4.69, 9.17) is 4.74 Å². The molecule has 0 atom stereocenters. The number of nitrogens with one attached hydrogen (secondary N) is 2. The van der Waals surface area contributed by atoms with E-state index in [0.717, 1.165) is 23.2 Å². The van der Waals surface area contributed by atoms with Crippen LogP contribution in [0.4, 0.5) is 10.7 Å². The third-order valence-corrected chi connectivity index (χ3v) is 3.62. The second-order valence-electron chi connectivity index (χ2n) is 3.96. The third kappa shape index (κ3) is 3.64. The summed E-state index contributed by atoms with van der Waals surface area (Å²) in [7, 11) is 0. The number of imidazole rings is 1. The summed E-state index contributed by atoms with van der Waals surface area (Å²) in [5.74, 6) is 1.50. The largest absolute Gasteiger partial charge is 0.450 e. The fourth-order valence-electron chi connectivity index (χ4n) is 1.62. The normalized spacial score (nSPS) is 10.6. The number of carbonyl (C=O) groups excluding carboxylic acids is 1. The van der Waals surface area contributed by atoms with Crippen LogP contribution in [-0.2, 0) is 4.74 Å². The van der Waals surface area contributed by atoms with Crippen LogP contribution in [0.25, 0.3) is 11.0 Å². The first-order valence-corrected chi connectivity index (χ1v) is 7.27. The lowest BCUT2D eigenvalue weighted by Crippen LogP contribution is -2.14. The minimum absolute atomic E-state index is 0.337. The smallest absolute Gasteiger partial charge is 0.413 e. The average molecular weight is 279 g/mol. The maximum Gasteiger partial charge on any atom is 0.413 e. The van der Waals surface area contributed by atoms with E-state index in [9.17, 15) is 4.79 Å². The fourth-order valence-corrected chi connectivity index (χ4v) is 2.42. The molecule has 102 valence electrons.